The molecule has 0 amide bonds. The molecule has 0 aliphatic rings. The maximum atomic E-state index is 8.89. The van der Waals surface area contributed by atoms with Gasteiger partial charge < -0.3 is 4.57 Å². The van der Waals surface area contributed by atoms with Crippen molar-refractivity contribution in [2.45, 2.75) is 216 Å². The first kappa shape index (κ1) is 59.7. The highest BCUT2D eigenvalue weighted by atomic mass is 15.0. The Balaban J connectivity index is 1.30. The summed E-state index contributed by atoms with van der Waals surface area (Å²) in [7, 11) is 0. The first-order valence-electron chi connectivity index (χ1n) is 33.9. The fourth-order valence-corrected chi connectivity index (χ4v) is 12.2. The van der Waals surface area contributed by atoms with Crippen LogP contribution in [-0.2, 0) is 43.3 Å². The minimum atomic E-state index is -2.35. The smallest absolute Gasteiger partial charge is 0.0541 e. The molecule has 0 bridgehead atoms. The van der Waals surface area contributed by atoms with Gasteiger partial charge in [0.15, 0.2) is 0 Å². The van der Waals surface area contributed by atoms with Gasteiger partial charge in [0.1, 0.15) is 0 Å². The molecule has 0 spiro atoms. The minimum Gasteiger partial charge on any atom is -0.309 e. The highest BCUT2D eigenvalue weighted by Gasteiger charge is 2.28. The largest absolute Gasteiger partial charge is 0.309 e. The van der Waals surface area contributed by atoms with Crippen LogP contribution in [0.15, 0.2) is 170 Å². The molecule has 0 fully saturated rings. The Labute approximate surface area is 536 Å². The van der Waals surface area contributed by atoms with Gasteiger partial charge in [0, 0.05) is 20.6 Å². The van der Waals surface area contributed by atoms with Crippen LogP contribution in [0, 0.1) is 6.85 Å². The quantitative estimate of drug-likeness (QED) is 0.150. The molecule has 456 valence electrons. The zero-order valence-electron chi connectivity index (χ0n) is 61.1. The summed E-state index contributed by atoms with van der Waals surface area (Å²) >= 11 is 0. The molecule has 10 aromatic rings. The van der Waals surface area contributed by atoms with E-state index < -0.39 is 6.85 Å². The van der Waals surface area contributed by atoms with Crippen molar-refractivity contribution < 1.29 is 4.11 Å². The normalized spacial score (nSPS) is 13.9. The van der Waals surface area contributed by atoms with E-state index in [0.29, 0.717) is 11.3 Å². The number of nitrogens with zero attached hydrogens (tertiary/aromatic N) is 1. The van der Waals surface area contributed by atoms with E-state index in [0.717, 1.165) is 44.1 Å². The van der Waals surface area contributed by atoms with Crippen LogP contribution in [0.1, 0.15) is 220 Å². The Kier molecular flexibility index (Phi) is 15.0. The van der Waals surface area contributed by atoms with Gasteiger partial charge in [-0.3, -0.25) is 0 Å². The lowest BCUT2D eigenvalue weighted by Crippen LogP contribution is -2.16. The molecule has 1 heterocycles. The molecule has 0 N–H and O–H groups in total. The molecule has 0 atom stereocenters. The Bertz CT molecular complexity index is 3860. The number of benzene rings is 9. The Morgan fingerprint density at radius 2 is 0.443 bits per heavy atom. The van der Waals surface area contributed by atoms with E-state index in [-0.39, 0.29) is 43.3 Å². The molecule has 9 aromatic carbocycles. The van der Waals surface area contributed by atoms with Crippen LogP contribution in [0.4, 0.5) is 0 Å². The highest BCUT2D eigenvalue weighted by molar-refractivity contribution is 6.12. The fraction of sp³-hybridized carbons (Fsp3) is 0.379. The molecule has 0 saturated carbocycles. The van der Waals surface area contributed by atoms with E-state index >= 15 is 0 Å². The van der Waals surface area contributed by atoms with Gasteiger partial charge in [0.05, 0.1) is 11.0 Å². The van der Waals surface area contributed by atoms with Gasteiger partial charge in [0.2, 0.25) is 0 Å². The fourth-order valence-electron chi connectivity index (χ4n) is 12.2. The molecular formula is C87H103N. The summed E-state index contributed by atoms with van der Waals surface area (Å²) in [6.07, 6.45) is 0. The van der Waals surface area contributed by atoms with E-state index in [9.17, 15) is 0 Å². The third-order valence-corrected chi connectivity index (χ3v) is 18.4. The van der Waals surface area contributed by atoms with E-state index in [1.54, 1.807) is 6.07 Å². The Hall–Kier alpha value is -7.22. The van der Waals surface area contributed by atoms with Gasteiger partial charge in [0.25, 0.3) is 0 Å². The third-order valence-electron chi connectivity index (χ3n) is 18.4. The highest BCUT2D eigenvalue weighted by Crippen LogP contribution is 2.45. The predicted octanol–water partition coefficient (Wildman–Crippen LogP) is 25.5. The summed E-state index contributed by atoms with van der Waals surface area (Å²) in [5.74, 6) is 0. The van der Waals surface area contributed by atoms with Gasteiger partial charge in [-0.05, 0) is 234 Å². The number of hydrogen-bond acceptors (Lipinski definition) is 0. The molecular weight excluding hydrogens is 1060 g/mol. The number of fused-ring (bicyclic) bond motifs is 3. The third kappa shape index (κ3) is 13.2. The molecule has 0 radical (unpaired) electrons. The molecule has 0 saturated heterocycles. The van der Waals surface area contributed by atoms with Gasteiger partial charge in [-0.15, -0.1) is 0 Å². The molecule has 1 aromatic heterocycles. The van der Waals surface area contributed by atoms with Gasteiger partial charge in [-0.2, -0.15) is 0 Å². The van der Waals surface area contributed by atoms with Crippen LogP contribution >= 0.6 is 0 Å². The van der Waals surface area contributed by atoms with Crippen molar-refractivity contribution in [1.29, 1.82) is 0 Å². The van der Waals surface area contributed by atoms with Gasteiger partial charge in [-0.25, -0.2) is 0 Å². The molecule has 0 aliphatic carbocycles. The topological polar surface area (TPSA) is 4.93 Å². The predicted molar refractivity (Wildman–Crippen MR) is 388 cm³/mol. The summed E-state index contributed by atoms with van der Waals surface area (Å²) in [6.45, 7) is 53.3. The van der Waals surface area contributed by atoms with Crippen LogP contribution in [-0.4, -0.2) is 4.57 Å². The molecule has 0 unspecified atom stereocenters. The molecule has 88 heavy (non-hydrogen) atoms. The zero-order chi connectivity index (χ0) is 66.9. The van der Waals surface area contributed by atoms with Gasteiger partial charge >= 0.3 is 0 Å². The monoisotopic (exact) mass is 1160 g/mol. The zero-order valence-corrected chi connectivity index (χ0v) is 58.1. The first-order chi connectivity index (χ1) is 41.7. The van der Waals surface area contributed by atoms with Crippen molar-refractivity contribution in [3.63, 3.8) is 0 Å². The summed E-state index contributed by atoms with van der Waals surface area (Å²) < 4.78 is 28.9. The van der Waals surface area contributed by atoms with E-state index in [4.69, 9.17) is 4.11 Å². The summed E-state index contributed by atoms with van der Waals surface area (Å²) in [5.41, 5.74) is 26.7. The molecule has 0 aliphatic heterocycles. The van der Waals surface area contributed by atoms with E-state index in [1.165, 1.54) is 89.0 Å². The molecule has 10 rings (SSSR count). The van der Waals surface area contributed by atoms with Gasteiger partial charge in [-0.1, -0.05) is 269 Å². The van der Waals surface area contributed by atoms with Crippen LogP contribution in [0.5, 0.6) is 0 Å². The second kappa shape index (κ2) is 22.1. The Morgan fingerprint density at radius 3 is 0.670 bits per heavy atom. The number of rotatable bonds is 7. The first-order valence-corrected chi connectivity index (χ1v) is 32.4. The SMILES string of the molecule is [2H]C([2H])([2H])c1ccccc1-n1c2ccc(-c3cc(-c4cc(C(C)(C)C)cc(C(C)(C)C)c4)cc(-c4cc(C(C)(C)C)cc(C(C)(C)C)c4)c3)cc2c2cc(-c3cc(-c4cc(C(C)(C)C)cc(C(C)(C)C)c4)cc(-c4cc(C(C)(C)C)cc(C(C)(C)C)c4)c3)ccc21. The average molecular weight is 1170 g/mol. The lowest BCUT2D eigenvalue weighted by atomic mass is 9.77. The van der Waals surface area contributed by atoms with Crippen molar-refractivity contribution in [3.8, 4) is 72.4 Å². The summed E-state index contributed by atoms with van der Waals surface area (Å²) in [4.78, 5) is 0. The summed E-state index contributed by atoms with van der Waals surface area (Å²) in [6, 6.07) is 64.7. The van der Waals surface area contributed by atoms with Crippen molar-refractivity contribution in [3.05, 3.63) is 220 Å². The molecule has 1 nitrogen and oxygen atoms in total. The Morgan fingerprint density at radius 1 is 0.227 bits per heavy atom. The van der Waals surface area contributed by atoms with Crippen molar-refractivity contribution >= 4 is 21.8 Å². The average Bonchev–Trinajstić information content (AvgIpc) is 1.61. The van der Waals surface area contributed by atoms with Crippen LogP contribution < -0.4 is 0 Å². The maximum Gasteiger partial charge on any atom is 0.0541 e. The van der Waals surface area contributed by atoms with Crippen molar-refractivity contribution in [2.24, 2.45) is 0 Å². The van der Waals surface area contributed by atoms with Crippen LogP contribution in [0.3, 0.4) is 0 Å². The lowest BCUT2D eigenvalue weighted by Gasteiger charge is -2.27. The second-order valence-corrected chi connectivity index (χ2v) is 34.1. The number of aromatic nitrogens is 1. The number of aryl methyl sites for hydroxylation is 1. The standard InChI is InChI=1S/C87H103N/c1-54-28-26-27-29-77(54)88-78-32-30-55(57-34-59(63-40-67(80(2,3)4)50-68(41-63)81(5,6)7)38-60(35-57)64-42-69(82(8,9)10)51-70(43-64)83(11,12)13)48-75(78)76-49-56(31-33-79(76)88)58-36-61(65-44-71(84(14,15)16)52-72(45-65)85(17,18)19)39-62(37-58)66-46-73(86(20,21)22)53-74(47-66)87(23,24)25/h26-53H,1-25H3/i1D3. The minimum absolute atomic E-state index is 0.0709. The summed E-state index contributed by atoms with van der Waals surface area (Å²) in [5, 5.41) is 2.10. The number of hydrogen-bond donors (Lipinski definition) is 0. The van der Waals surface area contributed by atoms with Crippen molar-refractivity contribution in [1.82, 2.24) is 4.57 Å². The lowest BCUT2D eigenvalue weighted by molar-refractivity contribution is 0.568. The van der Waals surface area contributed by atoms with Crippen molar-refractivity contribution in [2.75, 3.05) is 0 Å². The maximum absolute atomic E-state index is 8.89. The number of para-hydroxylation sites is 1. The van der Waals surface area contributed by atoms with E-state index in [2.05, 4.69) is 316 Å². The second-order valence-electron chi connectivity index (χ2n) is 34.1. The van der Waals surface area contributed by atoms with Crippen LogP contribution in [0.2, 0.25) is 0 Å². The molecule has 1 heteroatoms. The van der Waals surface area contributed by atoms with E-state index in [1.807, 2.05) is 18.2 Å². The van der Waals surface area contributed by atoms with Crippen LogP contribution in [0.25, 0.3) is 94.3 Å².